The van der Waals surface area contributed by atoms with Gasteiger partial charge in [0.25, 0.3) is 0 Å². The minimum absolute atomic E-state index is 0.127. The predicted octanol–water partition coefficient (Wildman–Crippen LogP) is 3.18. The molecule has 0 bridgehead atoms. The lowest BCUT2D eigenvalue weighted by Gasteiger charge is -2.21. The maximum absolute atomic E-state index is 11.3. The first kappa shape index (κ1) is 17.0. The van der Waals surface area contributed by atoms with E-state index >= 15 is 0 Å². The van der Waals surface area contributed by atoms with Crippen LogP contribution in [-0.4, -0.2) is 25.2 Å². The molecule has 5 nitrogen and oxygen atoms in total. The van der Waals surface area contributed by atoms with Crippen molar-refractivity contribution in [3.8, 4) is 0 Å². The summed E-state index contributed by atoms with van der Waals surface area (Å²) >= 11 is 6.22. The van der Waals surface area contributed by atoms with E-state index in [1.54, 1.807) is 12.6 Å². The molecule has 7 heteroatoms. The van der Waals surface area contributed by atoms with Crippen LogP contribution in [0.25, 0.3) is 0 Å². The molecule has 2 aromatic rings. The summed E-state index contributed by atoms with van der Waals surface area (Å²) in [6.45, 7) is 6.76. The van der Waals surface area contributed by atoms with E-state index in [0.29, 0.717) is 17.3 Å². The maximum Gasteiger partial charge on any atom is 0.146 e. The third kappa shape index (κ3) is 4.30. The first-order chi connectivity index (χ1) is 10.3. The molecular weight excluding hydrogens is 320 g/mol. The number of hydrogen-bond acceptors (Lipinski definition) is 4. The average Bonchev–Trinajstić information content (AvgIpc) is 2.87. The highest BCUT2D eigenvalue weighted by molar-refractivity contribution is 7.83. The lowest BCUT2D eigenvalue weighted by molar-refractivity contribution is 0.343. The molecule has 120 valence electrons. The summed E-state index contributed by atoms with van der Waals surface area (Å²) in [5.74, 6) is 1.36. The zero-order chi connectivity index (χ0) is 16.3. The standard InChI is InChI=1S/C15H21ClN4OS/c1-15(2,3)20-14(18-10-19-20)8-17-13-7-11(9-22(4)21)5-6-12(13)16/h5-7,10,17H,8-9H2,1-4H3/t22-/m0/s1. The summed E-state index contributed by atoms with van der Waals surface area (Å²) in [7, 11) is -0.878. The third-order valence-corrected chi connectivity index (χ3v) is 4.16. The molecule has 0 fully saturated rings. The van der Waals surface area contributed by atoms with Crippen molar-refractivity contribution < 1.29 is 4.21 Å². The van der Waals surface area contributed by atoms with Gasteiger partial charge in [-0.05, 0) is 38.5 Å². The van der Waals surface area contributed by atoms with Gasteiger partial charge in [0.05, 0.1) is 22.8 Å². The fraction of sp³-hybridized carbons (Fsp3) is 0.467. The van der Waals surface area contributed by atoms with Gasteiger partial charge in [-0.3, -0.25) is 4.21 Å². The van der Waals surface area contributed by atoms with Crippen LogP contribution in [0.4, 0.5) is 5.69 Å². The molecule has 1 N–H and O–H groups in total. The predicted molar refractivity (Wildman–Crippen MR) is 91.6 cm³/mol. The lowest BCUT2D eigenvalue weighted by atomic mass is 10.1. The molecule has 0 saturated carbocycles. The molecule has 1 aromatic carbocycles. The van der Waals surface area contributed by atoms with Crippen LogP contribution in [0.3, 0.4) is 0 Å². The minimum Gasteiger partial charge on any atom is -0.377 e. The van der Waals surface area contributed by atoms with E-state index < -0.39 is 10.8 Å². The summed E-state index contributed by atoms with van der Waals surface area (Å²) in [4.78, 5) is 4.30. The SMILES string of the molecule is C[S@](=O)Cc1ccc(Cl)c(NCc2ncnn2C(C)(C)C)c1. The zero-order valence-corrected chi connectivity index (χ0v) is 14.8. The molecule has 1 aromatic heterocycles. The van der Waals surface area contributed by atoms with Crippen molar-refractivity contribution in [1.29, 1.82) is 0 Å². The van der Waals surface area contributed by atoms with Gasteiger partial charge in [0.1, 0.15) is 12.2 Å². The van der Waals surface area contributed by atoms with Crippen molar-refractivity contribution in [2.75, 3.05) is 11.6 Å². The molecule has 0 amide bonds. The Kier molecular flexibility index (Phi) is 5.24. The van der Waals surface area contributed by atoms with Gasteiger partial charge in [0, 0.05) is 22.8 Å². The van der Waals surface area contributed by atoms with E-state index in [9.17, 15) is 4.21 Å². The Morgan fingerprint density at radius 2 is 2.09 bits per heavy atom. The number of benzene rings is 1. The summed E-state index contributed by atoms with van der Waals surface area (Å²) in [6, 6.07) is 5.65. The molecular formula is C15H21ClN4OS. The van der Waals surface area contributed by atoms with Gasteiger partial charge < -0.3 is 5.32 Å². The van der Waals surface area contributed by atoms with Crippen LogP contribution in [0.15, 0.2) is 24.5 Å². The van der Waals surface area contributed by atoms with Crippen LogP contribution in [-0.2, 0) is 28.6 Å². The molecule has 0 spiro atoms. The normalized spacial score (nSPS) is 13.1. The van der Waals surface area contributed by atoms with Crippen LogP contribution in [0, 0.1) is 0 Å². The van der Waals surface area contributed by atoms with Crippen molar-refractivity contribution in [2.45, 2.75) is 38.6 Å². The number of halogens is 1. The molecule has 1 heterocycles. The number of nitrogens with one attached hydrogen (secondary N) is 1. The van der Waals surface area contributed by atoms with E-state index in [1.807, 2.05) is 22.9 Å². The summed E-state index contributed by atoms with van der Waals surface area (Å²) in [6.07, 6.45) is 3.24. The first-order valence-corrected chi connectivity index (χ1v) is 9.09. The van der Waals surface area contributed by atoms with Crippen molar-refractivity contribution in [3.63, 3.8) is 0 Å². The molecule has 0 radical (unpaired) electrons. The van der Waals surface area contributed by atoms with E-state index in [4.69, 9.17) is 11.6 Å². The van der Waals surface area contributed by atoms with Crippen molar-refractivity contribution >= 4 is 28.1 Å². The maximum atomic E-state index is 11.3. The zero-order valence-electron chi connectivity index (χ0n) is 13.3. The molecule has 2 rings (SSSR count). The summed E-state index contributed by atoms with van der Waals surface area (Å²) < 4.78 is 13.2. The number of rotatable bonds is 5. The van der Waals surface area contributed by atoms with Gasteiger partial charge in [0.2, 0.25) is 0 Å². The fourth-order valence-corrected chi connectivity index (χ4v) is 2.99. The molecule has 0 aliphatic carbocycles. The van der Waals surface area contributed by atoms with E-state index in [2.05, 4.69) is 36.2 Å². The Hall–Kier alpha value is -1.40. The Balaban J connectivity index is 2.15. The van der Waals surface area contributed by atoms with Crippen LogP contribution in [0.5, 0.6) is 0 Å². The van der Waals surface area contributed by atoms with Crippen molar-refractivity contribution in [2.24, 2.45) is 0 Å². The first-order valence-electron chi connectivity index (χ1n) is 6.99. The molecule has 0 saturated heterocycles. The largest absolute Gasteiger partial charge is 0.377 e. The number of hydrogen-bond donors (Lipinski definition) is 1. The highest BCUT2D eigenvalue weighted by Crippen LogP contribution is 2.24. The summed E-state index contributed by atoms with van der Waals surface area (Å²) in [5.41, 5.74) is 1.68. The van der Waals surface area contributed by atoms with Gasteiger partial charge >= 0.3 is 0 Å². The van der Waals surface area contributed by atoms with E-state index in [1.165, 1.54) is 0 Å². The Bertz CT molecular complexity index is 678. The van der Waals surface area contributed by atoms with E-state index in [0.717, 1.165) is 17.1 Å². The van der Waals surface area contributed by atoms with Crippen LogP contribution >= 0.6 is 11.6 Å². The quantitative estimate of drug-likeness (QED) is 0.908. The molecule has 1 atom stereocenters. The van der Waals surface area contributed by atoms with Gasteiger partial charge in [-0.25, -0.2) is 9.67 Å². The minimum atomic E-state index is -0.878. The Labute approximate surface area is 138 Å². The molecule has 22 heavy (non-hydrogen) atoms. The fourth-order valence-electron chi connectivity index (χ4n) is 2.15. The second-order valence-electron chi connectivity index (χ2n) is 6.14. The smallest absolute Gasteiger partial charge is 0.146 e. The van der Waals surface area contributed by atoms with Gasteiger partial charge in [-0.15, -0.1) is 0 Å². The number of anilines is 1. The Morgan fingerprint density at radius 1 is 1.36 bits per heavy atom. The van der Waals surface area contributed by atoms with Gasteiger partial charge in [-0.1, -0.05) is 17.7 Å². The Morgan fingerprint density at radius 3 is 2.73 bits per heavy atom. The van der Waals surface area contributed by atoms with E-state index in [-0.39, 0.29) is 5.54 Å². The van der Waals surface area contributed by atoms with Crippen molar-refractivity contribution in [1.82, 2.24) is 14.8 Å². The molecule has 0 aliphatic heterocycles. The topological polar surface area (TPSA) is 59.8 Å². The second-order valence-corrected chi connectivity index (χ2v) is 7.99. The number of nitrogens with zero attached hydrogens (tertiary/aromatic N) is 3. The summed E-state index contributed by atoms with van der Waals surface area (Å²) in [5, 5.41) is 8.19. The van der Waals surface area contributed by atoms with Crippen LogP contribution in [0.2, 0.25) is 5.02 Å². The second kappa shape index (κ2) is 6.79. The van der Waals surface area contributed by atoms with Crippen LogP contribution in [0.1, 0.15) is 32.2 Å². The molecule has 0 aliphatic rings. The van der Waals surface area contributed by atoms with Crippen LogP contribution < -0.4 is 5.32 Å². The average molecular weight is 341 g/mol. The van der Waals surface area contributed by atoms with Crippen molar-refractivity contribution in [3.05, 3.63) is 40.9 Å². The van der Waals surface area contributed by atoms with Gasteiger partial charge in [-0.2, -0.15) is 5.10 Å². The monoisotopic (exact) mass is 340 g/mol. The highest BCUT2D eigenvalue weighted by atomic mass is 35.5. The highest BCUT2D eigenvalue weighted by Gasteiger charge is 2.18. The molecule has 0 unspecified atom stereocenters. The van der Waals surface area contributed by atoms with Gasteiger partial charge in [0.15, 0.2) is 0 Å². The third-order valence-electron chi connectivity index (χ3n) is 3.09. The lowest BCUT2D eigenvalue weighted by Crippen LogP contribution is -2.26. The number of aromatic nitrogens is 3.